The van der Waals surface area contributed by atoms with E-state index in [1.54, 1.807) is 18.2 Å². The lowest BCUT2D eigenvalue weighted by atomic mass is 10.2. The van der Waals surface area contributed by atoms with E-state index in [4.69, 9.17) is 28.5 Å². The number of carboxylic acids is 2. The van der Waals surface area contributed by atoms with Crippen LogP contribution in [0.15, 0.2) is 67.0 Å². The van der Waals surface area contributed by atoms with Crippen molar-refractivity contribution < 1.29 is 38.1 Å². The van der Waals surface area contributed by atoms with Crippen LogP contribution >= 0.6 is 0 Å². The zero-order valence-corrected chi connectivity index (χ0v) is 18.3. The summed E-state index contributed by atoms with van der Waals surface area (Å²) in [7, 11) is 0. The normalized spacial score (nSPS) is 11.0. The minimum atomic E-state index is -1.33. The molecular weight excluding hydrogens is 460 g/mol. The molecule has 0 unspecified atom stereocenters. The first-order valence-electron chi connectivity index (χ1n) is 10.7. The highest BCUT2D eigenvalue weighted by molar-refractivity contribution is 5.89. The molecule has 2 aromatic carbocycles. The van der Waals surface area contributed by atoms with Crippen molar-refractivity contribution >= 4 is 33.9 Å². The summed E-state index contributed by atoms with van der Waals surface area (Å²) in [6.07, 6.45) is 2.13. The Balaban J connectivity index is 1.28. The minimum Gasteiger partial charge on any atom is -0.493 e. The maximum absolute atomic E-state index is 12.3. The molecule has 0 amide bonds. The molecule has 0 aliphatic carbocycles. The molecule has 0 spiro atoms. The van der Waals surface area contributed by atoms with E-state index >= 15 is 0 Å². The highest BCUT2D eigenvalue weighted by Gasteiger charge is 2.14. The predicted octanol–water partition coefficient (Wildman–Crippen LogP) is 3.92. The molecule has 0 aliphatic rings. The number of carboxylic acid groups (broad SMARTS) is 2. The van der Waals surface area contributed by atoms with Crippen LogP contribution in [0.4, 0.5) is 0 Å². The van der Waals surface area contributed by atoms with Gasteiger partial charge in [0.15, 0.2) is 10.9 Å². The quantitative estimate of drug-likeness (QED) is 0.319. The standard InChI is InChI=1S/C25H20O10/c26-16-12-21(24(28)29)35-20-11-14(7-8-15(16)20)32-9-2-1-3-10-33-18-5-4-6-19-23(18)17(27)13-22(34-19)25(30)31/h4-8,11-13H,1-3,9-10H2,(H,28,29)(H,30,31). The van der Waals surface area contributed by atoms with Gasteiger partial charge in [0, 0.05) is 18.2 Å². The van der Waals surface area contributed by atoms with Gasteiger partial charge in [0.1, 0.15) is 28.1 Å². The monoisotopic (exact) mass is 480 g/mol. The van der Waals surface area contributed by atoms with Crippen molar-refractivity contribution in [2.24, 2.45) is 0 Å². The van der Waals surface area contributed by atoms with Crippen molar-refractivity contribution in [2.75, 3.05) is 13.2 Å². The molecule has 0 bridgehead atoms. The van der Waals surface area contributed by atoms with E-state index in [1.165, 1.54) is 18.2 Å². The van der Waals surface area contributed by atoms with Crippen molar-refractivity contribution in [1.82, 2.24) is 0 Å². The third kappa shape index (κ3) is 5.32. The maximum Gasteiger partial charge on any atom is 0.371 e. The third-order valence-electron chi connectivity index (χ3n) is 5.15. The minimum absolute atomic E-state index is 0.135. The van der Waals surface area contributed by atoms with E-state index in [-0.39, 0.29) is 21.9 Å². The number of hydrogen-bond donors (Lipinski definition) is 2. The van der Waals surface area contributed by atoms with E-state index in [0.717, 1.165) is 18.6 Å². The second-order valence-corrected chi connectivity index (χ2v) is 7.60. The van der Waals surface area contributed by atoms with Crippen LogP contribution in [0.1, 0.15) is 40.4 Å². The van der Waals surface area contributed by atoms with Crippen LogP contribution in [0.25, 0.3) is 21.9 Å². The van der Waals surface area contributed by atoms with Gasteiger partial charge in [-0.15, -0.1) is 0 Å². The Bertz CT molecular complexity index is 1530. The lowest BCUT2D eigenvalue weighted by Gasteiger charge is -2.09. The number of unbranched alkanes of at least 4 members (excludes halogenated alkanes) is 2. The molecule has 2 heterocycles. The number of ether oxygens (including phenoxy) is 2. The number of hydrogen-bond acceptors (Lipinski definition) is 8. The van der Waals surface area contributed by atoms with Crippen molar-refractivity contribution in [3.63, 3.8) is 0 Å². The van der Waals surface area contributed by atoms with Crippen molar-refractivity contribution in [1.29, 1.82) is 0 Å². The second-order valence-electron chi connectivity index (χ2n) is 7.60. The Labute approximate surface area is 196 Å². The van der Waals surface area contributed by atoms with Crippen LogP contribution in [0.5, 0.6) is 11.5 Å². The molecule has 35 heavy (non-hydrogen) atoms. The first-order valence-corrected chi connectivity index (χ1v) is 10.7. The van der Waals surface area contributed by atoms with Gasteiger partial charge in [-0.3, -0.25) is 9.59 Å². The molecule has 2 N–H and O–H groups in total. The van der Waals surface area contributed by atoms with Gasteiger partial charge in [0.05, 0.1) is 18.6 Å². The first kappa shape index (κ1) is 23.6. The number of carbonyl (C=O) groups is 2. The first-order chi connectivity index (χ1) is 16.8. The third-order valence-corrected chi connectivity index (χ3v) is 5.15. The molecule has 4 aromatic rings. The maximum atomic E-state index is 12.3. The Morgan fingerprint density at radius 3 is 2.11 bits per heavy atom. The molecule has 0 saturated carbocycles. The smallest absolute Gasteiger partial charge is 0.371 e. The predicted molar refractivity (Wildman–Crippen MR) is 124 cm³/mol. The molecule has 0 radical (unpaired) electrons. The molecule has 10 heteroatoms. The topological polar surface area (TPSA) is 153 Å². The highest BCUT2D eigenvalue weighted by atomic mass is 16.5. The van der Waals surface area contributed by atoms with E-state index in [2.05, 4.69) is 0 Å². The zero-order valence-electron chi connectivity index (χ0n) is 18.3. The summed E-state index contributed by atoms with van der Waals surface area (Å²) in [6, 6.07) is 11.2. The Morgan fingerprint density at radius 1 is 0.743 bits per heavy atom. The lowest BCUT2D eigenvalue weighted by molar-refractivity contribution is 0.0653. The molecule has 10 nitrogen and oxygen atoms in total. The van der Waals surface area contributed by atoms with Crippen LogP contribution in [0.2, 0.25) is 0 Å². The number of rotatable bonds is 10. The van der Waals surface area contributed by atoms with Crippen LogP contribution < -0.4 is 20.3 Å². The van der Waals surface area contributed by atoms with Crippen molar-refractivity contribution in [2.45, 2.75) is 19.3 Å². The summed E-state index contributed by atoms with van der Waals surface area (Å²) >= 11 is 0. The summed E-state index contributed by atoms with van der Waals surface area (Å²) in [5.74, 6) is -2.75. The van der Waals surface area contributed by atoms with E-state index < -0.39 is 34.3 Å². The fraction of sp³-hybridized carbons (Fsp3) is 0.200. The van der Waals surface area contributed by atoms with Crippen LogP contribution in [-0.4, -0.2) is 35.4 Å². The molecule has 180 valence electrons. The second kappa shape index (κ2) is 10.1. The lowest BCUT2D eigenvalue weighted by Crippen LogP contribution is -2.08. The molecule has 0 atom stereocenters. The van der Waals surface area contributed by atoms with Gasteiger partial charge in [0.25, 0.3) is 0 Å². The highest BCUT2D eigenvalue weighted by Crippen LogP contribution is 2.24. The van der Waals surface area contributed by atoms with Gasteiger partial charge in [-0.2, -0.15) is 0 Å². The van der Waals surface area contributed by atoms with E-state index in [1.807, 2.05) is 0 Å². The van der Waals surface area contributed by atoms with Gasteiger partial charge in [-0.25, -0.2) is 9.59 Å². The summed E-state index contributed by atoms with van der Waals surface area (Å²) < 4.78 is 21.9. The molecular formula is C25H20O10. The largest absolute Gasteiger partial charge is 0.493 e. The SMILES string of the molecule is O=C(O)c1cc(=O)c2ccc(OCCCCCOc3cccc4oc(C(=O)O)cc(=O)c34)cc2o1. The van der Waals surface area contributed by atoms with Gasteiger partial charge in [0.2, 0.25) is 11.5 Å². The molecule has 0 fully saturated rings. The van der Waals surface area contributed by atoms with Gasteiger partial charge >= 0.3 is 11.9 Å². The molecule has 2 aromatic heterocycles. The summed E-state index contributed by atoms with van der Waals surface area (Å²) in [6.45, 7) is 0.711. The number of aromatic carboxylic acids is 2. The average molecular weight is 480 g/mol. The van der Waals surface area contributed by atoms with Crippen molar-refractivity contribution in [3.05, 3.63) is 80.5 Å². The van der Waals surface area contributed by atoms with Crippen molar-refractivity contribution in [3.8, 4) is 11.5 Å². The van der Waals surface area contributed by atoms with Gasteiger partial charge < -0.3 is 28.5 Å². The number of benzene rings is 2. The van der Waals surface area contributed by atoms with Crippen LogP contribution in [-0.2, 0) is 0 Å². The molecule has 4 rings (SSSR count). The Kier molecular flexibility index (Phi) is 6.81. The zero-order chi connectivity index (χ0) is 24.9. The number of fused-ring (bicyclic) bond motifs is 2. The summed E-state index contributed by atoms with van der Waals surface area (Å²) in [5.41, 5.74) is -0.658. The van der Waals surface area contributed by atoms with E-state index in [9.17, 15) is 19.2 Å². The Hall–Kier alpha value is -4.60. The fourth-order valence-electron chi connectivity index (χ4n) is 3.49. The van der Waals surface area contributed by atoms with E-state index in [0.29, 0.717) is 37.6 Å². The fourth-order valence-corrected chi connectivity index (χ4v) is 3.49. The summed E-state index contributed by atoms with van der Waals surface area (Å²) in [4.78, 5) is 46.4. The summed E-state index contributed by atoms with van der Waals surface area (Å²) in [5, 5.41) is 18.5. The average Bonchev–Trinajstić information content (AvgIpc) is 2.82. The molecule has 0 aliphatic heterocycles. The van der Waals surface area contributed by atoms with Gasteiger partial charge in [-0.1, -0.05) is 6.07 Å². The Morgan fingerprint density at radius 2 is 1.40 bits per heavy atom. The van der Waals surface area contributed by atoms with Gasteiger partial charge in [-0.05, 0) is 43.5 Å². The van der Waals surface area contributed by atoms with Crippen LogP contribution in [0, 0.1) is 0 Å². The molecule has 0 saturated heterocycles. The van der Waals surface area contributed by atoms with Crippen LogP contribution in [0.3, 0.4) is 0 Å².